The van der Waals surface area contributed by atoms with Gasteiger partial charge in [-0.2, -0.15) is 0 Å². The van der Waals surface area contributed by atoms with Crippen LogP contribution in [-0.4, -0.2) is 42.4 Å². The molecular weight excluding hydrogens is 238 g/mol. The van der Waals surface area contributed by atoms with E-state index in [1.807, 2.05) is 12.1 Å². The first kappa shape index (κ1) is 14.5. The maximum Gasteiger partial charge on any atom is 0.0942 e. The number of aliphatic hydroxyl groups is 1. The number of aliphatic hydroxyl groups excluding tert-OH is 1. The fourth-order valence-electron chi connectivity index (χ4n) is 2.55. The van der Waals surface area contributed by atoms with Gasteiger partial charge in [0.2, 0.25) is 0 Å². The fourth-order valence-corrected chi connectivity index (χ4v) is 2.55. The smallest absolute Gasteiger partial charge is 0.0942 e. The molecule has 1 N–H and O–H groups in total. The highest BCUT2D eigenvalue weighted by molar-refractivity contribution is 5.24. The largest absolute Gasteiger partial charge is 0.387 e. The van der Waals surface area contributed by atoms with E-state index in [0.717, 1.165) is 18.7 Å². The molecule has 3 heteroatoms. The Morgan fingerprint density at radius 1 is 1.32 bits per heavy atom. The van der Waals surface area contributed by atoms with Crippen LogP contribution in [0.25, 0.3) is 0 Å². The number of benzene rings is 1. The average molecular weight is 263 g/mol. The highest BCUT2D eigenvalue weighted by Gasteiger charge is 2.34. The van der Waals surface area contributed by atoms with Crippen molar-refractivity contribution in [2.24, 2.45) is 0 Å². The lowest BCUT2D eigenvalue weighted by Crippen LogP contribution is -2.41. The van der Waals surface area contributed by atoms with Crippen LogP contribution in [0, 0.1) is 6.92 Å². The molecule has 2 unspecified atom stereocenters. The van der Waals surface area contributed by atoms with Gasteiger partial charge in [-0.25, -0.2) is 0 Å². The summed E-state index contributed by atoms with van der Waals surface area (Å²) in [7, 11) is 1.73. The molecule has 1 aromatic carbocycles. The molecule has 1 saturated carbocycles. The van der Waals surface area contributed by atoms with E-state index in [-0.39, 0.29) is 6.04 Å². The van der Waals surface area contributed by atoms with Crippen LogP contribution in [0.1, 0.15) is 37.0 Å². The Kier molecular flexibility index (Phi) is 4.97. The summed E-state index contributed by atoms with van der Waals surface area (Å²) >= 11 is 0. The average Bonchev–Trinajstić information content (AvgIpc) is 3.23. The molecule has 0 saturated heterocycles. The minimum Gasteiger partial charge on any atom is -0.387 e. The maximum absolute atomic E-state index is 10.5. The molecule has 0 radical (unpaired) electrons. The zero-order valence-electron chi connectivity index (χ0n) is 12.2. The molecule has 0 aliphatic heterocycles. The Labute approximate surface area is 116 Å². The van der Waals surface area contributed by atoms with E-state index in [1.54, 1.807) is 7.11 Å². The topological polar surface area (TPSA) is 32.7 Å². The molecule has 0 heterocycles. The van der Waals surface area contributed by atoms with Crippen molar-refractivity contribution in [1.29, 1.82) is 0 Å². The Morgan fingerprint density at radius 3 is 2.47 bits per heavy atom. The first-order valence-corrected chi connectivity index (χ1v) is 7.12. The third-order valence-electron chi connectivity index (χ3n) is 3.97. The van der Waals surface area contributed by atoms with Crippen LogP contribution < -0.4 is 0 Å². The van der Waals surface area contributed by atoms with E-state index in [2.05, 4.69) is 30.9 Å². The first-order valence-electron chi connectivity index (χ1n) is 7.12. The van der Waals surface area contributed by atoms with Crippen molar-refractivity contribution in [3.05, 3.63) is 35.4 Å². The Balaban J connectivity index is 2.03. The summed E-state index contributed by atoms with van der Waals surface area (Å²) in [6.07, 6.45) is 2.06. The van der Waals surface area contributed by atoms with Crippen LogP contribution in [0.4, 0.5) is 0 Å². The number of rotatable bonds is 7. The summed E-state index contributed by atoms with van der Waals surface area (Å²) in [4.78, 5) is 2.38. The van der Waals surface area contributed by atoms with E-state index in [0.29, 0.717) is 6.04 Å². The molecule has 2 atom stereocenters. The molecule has 0 amide bonds. The van der Waals surface area contributed by atoms with Crippen molar-refractivity contribution < 1.29 is 9.84 Å². The molecule has 3 nitrogen and oxygen atoms in total. The molecule has 0 aromatic heterocycles. The van der Waals surface area contributed by atoms with Crippen LogP contribution >= 0.6 is 0 Å². The summed E-state index contributed by atoms with van der Waals surface area (Å²) < 4.78 is 5.18. The van der Waals surface area contributed by atoms with Crippen molar-refractivity contribution in [1.82, 2.24) is 4.90 Å². The van der Waals surface area contributed by atoms with Crippen LogP contribution in [0.3, 0.4) is 0 Å². The Hall–Kier alpha value is -0.900. The zero-order chi connectivity index (χ0) is 13.8. The second kappa shape index (κ2) is 6.51. The lowest BCUT2D eigenvalue weighted by molar-refractivity contribution is 0.0368. The summed E-state index contributed by atoms with van der Waals surface area (Å²) in [5, 5.41) is 10.5. The van der Waals surface area contributed by atoms with Gasteiger partial charge in [-0.3, -0.25) is 4.90 Å². The number of nitrogens with zero attached hydrogens (tertiary/aromatic N) is 1. The number of hydrogen-bond donors (Lipinski definition) is 1. The lowest BCUT2D eigenvalue weighted by Gasteiger charge is -2.32. The normalized spacial score (nSPS) is 18.6. The number of ether oxygens (including phenoxy) is 1. The quantitative estimate of drug-likeness (QED) is 0.820. The minimum absolute atomic E-state index is 0.130. The van der Waals surface area contributed by atoms with E-state index >= 15 is 0 Å². The first-order chi connectivity index (χ1) is 9.13. The molecule has 1 aliphatic carbocycles. The van der Waals surface area contributed by atoms with Crippen LogP contribution in [0.15, 0.2) is 24.3 Å². The summed E-state index contributed by atoms with van der Waals surface area (Å²) in [5.74, 6) is 0. The number of hydrogen-bond acceptors (Lipinski definition) is 3. The molecule has 1 aliphatic rings. The van der Waals surface area contributed by atoms with Gasteiger partial charge in [-0.05, 0) is 32.3 Å². The highest BCUT2D eigenvalue weighted by atomic mass is 16.5. The number of aryl methyl sites for hydroxylation is 1. The van der Waals surface area contributed by atoms with E-state index in [9.17, 15) is 5.11 Å². The Morgan fingerprint density at radius 2 is 1.95 bits per heavy atom. The van der Waals surface area contributed by atoms with Gasteiger partial charge < -0.3 is 9.84 Å². The van der Waals surface area contributed by atoms with E-state index in [4.69, 9.17) is 4.74 Å². The lowest BCUT2D eigenvalue weighted by atomic mass is 10.0. The third kappa shape index (κ3) is 3.78. The highest BCUT2D eigenvalue weighted by Crippen LogP contribution is 2.32. The summed E-state index contributed by atoms with van der Waals surface area (Å²) in [6.45, 7) is 5.79. The molecule has 2 rings (SSSR count). The maximum atomic E-state index is 10.5. The van der Waals surface area contributed by atoms with E-state index in [1.165, 1.54) is 18.4 Å². The van der Waals surface area contributed by atoms with Gasteiger partial charge in [0.25, 0.3) is 0 Å². The molecule has 106 valence electrons. The van der Waals surface area contributed by atoms with Gasteiger partial charge in [0.15, 0.2) is 0 Å². The van der Waals surface area contributed by atoms with Gasteiger partial charge in [-0.15, -0.1) is 0 Å². The van der Waals surface area contributed by atoms with Crippen molar-refractivity contribution in [2.75, 3.05) is 20.3 Å². The monoisotopic (exact) mass is 263 g/mol. The molecular formula is C16H25NO2. The summed E-state index contributed by atoms with van der Waals surface area (Å²) in [6, 6.07) is 8.93. The molecule has 1 fully saturated rings. The minimum atomic E-state index is -0.432. The molecule has 0 bridgehead atoms. The fraction of sp³-hybridized carbons (Fsp3) is 0.625. The van der Waals surface area contributed by atoms with Crippen LogP contribution in [-0.2, 0) is 4.74 Å². The summed E-state index contributed by atoms with van der Waals surface area (Å²) in [5.41, 5.74) is 2.23. The third-order valence-corrected chi connectivity index (χ3v) is 3.97. The molecule has 0 spiro atoms. The van der Waals surface area contributed by atoms with Crippen LogP contribution in [0.2, 0.25) is 0 Å². The molecule has 1 aromatic rings. The SMILES string of the molecule is COCCN(C1CC1)C(C)C(O)c1ccc(C)cc1. The van der Waals surface area contributed by atoms with Crippen molar-refractivity contribution in [3.63, 3.8) is 0 Å². The van der Waals surface area contributed by atoms with Gasteiger partial charge >= 0.3 is 0 Å². The number of methoxy groups -OCH3 is 1. The van der Waals surface area contributed by atoms with E-state index < -0.39 is 6.10 Å². The molecule has 19 heavy (non-hydrogen) atoms. The zero-order valence-corrected chi connectivity index (χ0v) is 12.2. The second-order valence-corrected chi connectivity index (χ2v) is 5.56. The van der Waals surface area contributed by atoms with Gasteiger partial charge in [0.05, 0.1) is 12.7 Å². The van der Waals surface area contributed by atoms with Crippen molar-refractivity contribution in [3.8, 4) is 0 Å². The van der Waals surface area contributed by atoms with Gasteiger partial charge in [0.1, 0.15) is 0 Å². The predicted octanol–water partition coefficient (Wildman–Crippen LogP) is 2.53. The van der Waals surface area contributed by atoms with Gasteiger partial charge in [0, 0.05) is 25.7 Å². The van der Waals surface area contributed by atoms with Gasteiger partial charge in [-0.1, -0.05) is 29.8 Å². The standard InChI is InChI=1S/C16H25NO2/c1-12-4-6-14(7-5-12)16(18)13(2)17(10-11-19-3)15-8-9-15/h4-7,13,15-16,18H,8-11H2,1-3H3. The van der Waals surface area contributed by atoms with Crippen molar-refractivity contribution in [2.45, 2.75) is 44.9 Å². The predicted molar refractivity (Wildman–Crippen MR) is 77.2 cm³/mol. The van der Waals surface area contributed by atoms with Crippen molar-refractivity contribution >= 4 is 0 Å². The van der Waals surface area contributed by atoms with Crippen LogP contribution in [0.5, 0.6) is 0 Å². The Bertz CT molecular complexity index is 386. The second-order valence-electron chi connectivity index (χ2n) is 5.56.